The largest absolute Gasteiger partial charge is 0.508 e. The van der Waals surface area contributed by atoms with Crippen molar-refractivity contribution in [3.05, 3.63) is 83.9 Å². The SMILES string of the molecule is CN(C)c1ccc(/N=N/c2ccc(C(=O)N[C@@H](CS)C(=O)NCC(=O)N[C@@H](CCC(=O)O)C(=O)N[C@@H](CO)C(=O)N[C@@H](Cc3ccc(O)cc3)C(=O)N[C@@H](CCC(=O)O)C(=O)N[C@@H](CCCCN)C(N)=O)cc2)cc1. The van der Waals surface area contributed by atoms with Crippen LogP contribution in [0, 0.1) is 0 Å². The molecule has 406 valence electrons. The van der Waals surface area contributed by atoms with E-state index in [2.05, 4.69) is 60.1 Å². The van der Waals surface area contributed by atoms with Gasteiger partial charge in [0.1, 0.15) is 42.0 Å². The number of benzene rings is 3. The van der Waals surface area contributed by atoms with Gasteiger partial charge in [0.25, 0.3) is 5.91 Å². The molecule has 0 aliphatic rings. The quantitative estimate of drug-likeness (QED) is 0.0203. The zero-order chi connectivity index (χ0) is 55.6. The number of carboxylic acids is 2. The molecule has 3 aromatic rings. The third-order valence-electron chi connectivity index (χ3n) is 11.0. The summed E-state index contributed by atoms with van der Waals surface area (Å²) in [6.45, 7) is -1.60. The van der Waals surface area contributed by atoms with Crippen LogP contribution < -0.4 is 53.6 Å². The highest BCUT2D eigenvalue weighted by molar-refractivity contribution is 7.80. The first-order chi connectivity index (χ1) is 35.6. The molecule has 6 atom stereocenters. The van der Waals surface area contributed by atoms with Gasteiger partial charge in [0.15, 0.2) is 0 Å². The summed E-state index contributed by atoms with van der Waals surface area (Å²) in [5.41, 5.74) is 13.5. The van der Waals surface area contributed by atoms with Crippen LogP contribution in [-0.2, 0) is 49.6 Å². The third-order valence-corrected chi connectivity index (χ3v) is 11.4. The molecule has 8 amide bonds. The number of anilines is 1. The van der Waals surface area contributed by atoms with Crippen molar-refractivity contribution < 1.29 is 68.4 Å². The Morgan fingerprint density at radius 1 is 0.600 bits per heavy atom. The predicted octanol–water partition coefficient (Wildman–Crippen LogP) is -0.979. The van der Waals surface area contributed by atoms with E-state index in [9.17, 15) is 68.4 Å². The summed E-state index contributed by atoms with van der Waals surface area (Å²) in [5, 5.41) is 63.6. The van der Waals surface area contributed by atoms with Gasteiger partial charge in [-0.15, -0.1) is 0 Å². The molecule has 0 fully saturated rings. The summed E-state index contributed by atoms with van der Waals surface area (Å²) in [5.74, 6) is -10.9. The van der Waals surface area contributed by atoms with Crippen LogP contribution in [-0.4, -0.2) is 155 Å². The van der Waals surface area contributed by atoms with Crippen molar-refractivity contribution >= 4 is 88.9 Å². The topological polar surface area (TPSA) is 416 Å². The number of hydrogen-bond donors (Lipinski definition) is 14. The van der Waals surface area contributed by atoms with Gasteiger partial charge in [-0.3, -0.25) is 47.9 Å². The molecule has 0 aromatic heterocycles. The van der Waals surface area contributed by atoms with Crippen LogP contribution in [0.4, 0.5) is 17.1 Å². The maximum absolute atomic E-state index is 13.9. The van der Waals surface area contributed by atoms with Crippen LogP contribution in [0.1, 0.15) is 60.9 Å². The number of thiol groups is 1. The Bertz CT molecular complexity index is 2480. The second-order valence-corrected chi connectivity index (χ2v) is 17.4. The van der Waals surface area contributed by atoms with E-state index in [0.717, 1.165) is 5.69 Å². The fourth-order valence-corrected chi connectivity index (χ4v) is 7.05. The molecule has 0 saturated heterocycles. The fraction of sp³-hybridized carbons (Fsp3) is 0.417. The number of phenolic OH excluding ortho intramolecular Hbond substituents is 1. The molecule has 0 aliphatic carbocycles. The van der Waals surface area contributed by atoms with E-state index in [1.54, 1.807) is 24.3 Å². The van der Waals surface area contributed by atoms with Gasteiger partial charge >= 0.3 is 11.9 Å². The minimum Gasteiger partial charge on any atom is -0.508 e. The number of nitrogens with one attached hydrogen (secondary N) is 7. The predicted molar refractivity (Wildman–Crippen MR) is 274 cm³/mol. The standard InChI is InChI=1S/C48H64N12O14S/c1-60(2)31-14-12-30(13-15-31)59-58-29-10-8-28(9-11-29)43(69)57-38(26-75)44(70)51-24-39(63)52-34(18-20-40(64)65)45(71)56-37(25-61)48(74)55-36(23-27-6-16-32(62)17-7-27)47(73)54-35(19-21-41(66)67)46(72)53-33(42(50)68)5-3-4-22-49/h6-17,33-38,61-62,75H,3-5,18-26,49H2,1-2H3,(H2,50,68)(H,51,70)(H,52,63)(H,53,72)(H,54,73)(H,55,74)(H,56,71)(H,57,69)(H,64,65)(H,66,67)/b59-58+/t33-,34-,35-,36-,37-,38-/m0/s1. The fourth-order valence-electron chi connectivity index (χ4n) is 6.80. The summed E-state index contributed by atoms with van der Waals surface area (Å²) >= 11 is 4.14. The molecule has 0 saturated carbocycles. The molecule has 0 aliphatic heterocycles. The highest BCUT2D eigenvalue weighted by Gasteiger charge is 2.33. The Morgan fingerprint density at radius 2 is 1.09 bits per heavy atom. The van der Waals surface area contributed by atoms with Gasteiger partial charge in [0.2, 0.25) is 41.4 Å². The molecule has 27 heteroatoms. The minimum absolute atomic E-state index is 0.0863. The average molecular weight is 1070 g/mol. The van der Waals surface area contributed by atoms with Gasteiger partial charge in [-0.1, -0.05) is 12.1 Å². The molecular formula is C48H64N12O14S. The molecule has 0 heterocycles. The summed E-state index contributed by atoms with van der Waals surface area (Å²) in [6, 6.07) is 9.49. The average Bonchev–Trinajstić information content (AvgIpc) is 3.38. The van der Waals surface area contributed by atoms with E-state index in [-0.39, 0.29) is 29.9 Å². The van der Waals surface area contributed by atoms with Crippen LogP contribution in [0.15, 0.2) is 83.0 Å². The number of amides is 8. The lowest BCUT2D eigenvalue weighted by Crippen LogP contribution is -2.60. The zero-order valence-electron chi connectivity index (χ0n) is 41.2. The van der Waals surface area contributed by atoms with E-state index in [0.29, 0.717) is 36.3 Å². The smallest absolute Gasteiger partial charge is 0.303 e. The Hall–Kier alpha value is -8.17. The zero-order valence-corrected chi connectivity index (χ0v) is 42.1. The molecule has 15 N–H and O–H groups in total. The Balaban J connectivity index is 1.70. The van der Waals surface area contributed by atoms with Gasteiger partial charge in [-0.25, -0.2) is 0 Å². The molecule has 0 unspecified atom stereocenters. The number of carbonyl (C=O) groups is 10. The summed E-state index contributed by atoms with van der Waals surface area (Å²) < 4.78 is 0. The molecule has 0 radical (unpaired) electrons. The van der Waals surface area contributed by atoms with Crippen molar-refractivity contribution in [2.45, 2.75) is 87.6 Å². The monoisotopic (exact) mass is 1060 g/mol. The molecule has 0 bridgehead atoms. The summed E-state index contributed by atoms with van der Waals surface area (Å²) in [6.07, 6.45) is -1.69. The second-order valence-electron chi connectivity index (χ2n) is 17.1. The normalized spacial score (nSPS) is 13.3. The van der Waals surface area contributed by atoms with E-state index in [4.69, 9.17) is 11.5 Å². The van der Waals surface area contributed by atoms with Gasteiger partial charge in [0, 0.05) is 50.4 Å². The Labute approximate surface area is 436 Å². The van der Waals surface area contributed by atoms with Gasteiger partial charge in [-0.05, 0) is 105 Å². The number of nitrogens with zero attached hydrogens (tertiary/aromatic N) is 3. The van der Waals surface area contributed by atoms with Crippen molar-refractivity contribution in [3.8, 4) is 5.75 Å². The Kier molecular flexibility index (Phi) is 25.6. The van der Waals surface area contributed by atoms with Gasteiger partial charge in [-0.2, -0.15) is 22.9 Å². The number of aliphatic hydroxyl groups excluding tert-OH is 1. The number of aliphatic carboxylic acids is 2. The van der Waals surface area contributed by atoms with Crippen molar-refractivity contribution in [3.63, 3.8) is 0 Å². The van der Waals surface area contributed by atoms with E-state index in [1.165, 1.54) is 36.4 Å². The maximum Gasteiger partial charge on any atom is 0.303 e. The lowest BCUT2D eigenvalue weighted by molar-refractivity contribution is -0.139. The molecule has 26 nitrogen and oxygen atoms in total. The number of carbonyl (C=O) groups excluding carboxylic acids is 8. The number of hydrogen-bond acceptors (Lipinski definition) is 17. The molecular weight excluding hydrogens is 1000 g/mol. The first kappa shape index (κ1) is 61.1. The third kappa shape index (κ3) is 21.8. The van der Waals surface area contributed by atoms with Crippen molar-refractivity contribution in [1.82, 2.24) is 37.2 Å². The van der Waals surface area contributed by atoms with Crippen molar-refractivity contribution in [2.75, 3.05) is 44.4 Å². The van der Waals surface area contributed by atoms with Crippen LogP contribution in [0.3, 0.4) is 0 Å². The molecule has 75 heavy (non-hydrogen) atoms. The number of nitrogens with two attached hydrogens (primary N) is 2. The van der Waals surface area contributed by atoms with Crippen molar-refractivity contribution in [1.29, 1.82) is 0 Å². The van der Waals surface area contributed by atoms with Gasteiger partial charge < -0.3 is 74.0 Å². The molecule has 0 spiro atoms. The van der Waals surface area contributed by atoms with Crippen LogP contribution in [0.5, 0.6) is 5.75 Å². The number of azo groups is 1. The van der Waals surface area contributed by atoms with Crippen molar-refractivity contribution in [2.24, 2.45) is 21.7 Å². The number of phenols is 1. The lowest BCUT2D eigenvalue weighted by Gasteiger charge is -2.26. The van der Waals surface area contributed by atoms with E-state index in [1.807, 2.05) is 31.1 Å². The minimum atomic E-state index is -1.86. The first-order valence-corrected chi connectivity index (χ1v) is 24.1. The maximum atomic E-state index is 13.9. The number of aliphatic hydroxyl groups is 1. The van der Waals surface area contributed by atoms with Gasteiger partial charge in [0.05, 0.1) is 24.5 Å². The number of carboxylic acid groups (broad SMARTS) is 2. The number of primary amides is 1. The first-order valence-electron chi connectivity index (χ1n) is 23.5. The summed E-state index contributed by atoms with van der Waals surface area (Å²) in [4.78, 5) is 131. The lowest BCUT2D eigenvalue weighted by atomic mass is 10.0. The van der Waals surface area contributed by atoms with E-state index < -0.39 is 134 Å². The van der Waals surface area contributed by atoms with Crippen LogP contribution in [0.25, 0.3) is 0 Å². The Morgan fingerprint density at radius 3 is 1.60 bits per heavy atom. The van der Waals surface area contributed by atoms with E-state index >= 15 is 0 Å². The summed E-state index contributed by atoms with van der Waals surface area (Å²) in [7, 11) is 3.82. The number of rotatable bonds is 32. The van der Waals surface area contributed by atoms with Crippen LogP contribution >= 0.6 is 12.6 Å². The molecule has 3 rings (SSSR count). The number of unbranched alkanes of at least 4 members (excludes halogenated alkanes) is 1. The second kappa shape index (κ2) is 31.4. The highest BCUT2D eigenvalue weighted by Crippen LogP contribution is 2.22. The number of aromatic hydroxyl groups is 1. The molecule has 3 aromatic carbocycles. The highest BCUT2D eigenvalue weighted by atomic mass is 32.1. The van der Waals surface area contributed by atoms with Crippen LogP contribution in [0.2, 0.25) is 0 Å².